The van der Waals surface area contributed by atoms with E-state index < -0.39 is 0 Å². The molecule has 4 nitrogen and oxygen atoms in total. The number of rotatable bonds is 1. The molecule has 0 spiro atoms. The van der Waals surface area contributed by atoms with Crippen molar-refractivity contribution in [1.29, 1.82) is 0 Å². The number of nitrogens with two attached hydrogens (primary N) is 1. The van der Waals surface area contributed by atoms with E-state index >= 15 is 0 Å². The van der Waals surface area contributed by atoms with E-state index in [-0.39, 0.29) is 0 Å². The Hall–Kier alpha value is -2.01. The van der Waals surface area contributed by atoms with Crippen LogP contribution >= 0.6 is 11.6 Å². The van der Waals surface area contributed by atoms with Crippen molar-refractivity contribution in [2.45, 2.75) is 0 Å². The Morgan fingerprint density at radius 3 is 2.83 bits per heavy atom. The molecule has 0 aliphatic carbocycles. The third kappa shape index (κ3) is 1.64. The zero-order chi connectivity index (χ0) is 12.7. The van der Waals surface area contributed by atoms with Crippen molar-refractivity contribution in [3.05, 3.63) is 41.6 Å². The fraction of sp³-hybridized carbons (Fsp3) is 0. The van der Waals surface area contributed by atoms with Gasteiger partial charge >= 0.3 is 0 Å². The molecule has 0 saturated heterocycles. The molecule has 0 amide bonds. The van der Waals surface area contributed by atoms with E-state index in [0.29, 0.717) is 10.8 Å². The number of aromatic nitrogens is 3. The van der Waals surface area contributed by atoms with Gasteiger partial charge < -0.3 is 5.73 Å². The maximum Gasteiger partial charge on any atom is 0.151 e. The zero-order valence-electron chi connectivity index (χ0n) is 9.76. The number of hydrogen-bond acceptors (Lipinski definition) is 3. The van der Waals surface area contributed by atoms with Crippen LogP contribution in [0.2, 0.25) is 5.02 Å². The van der Waals surface area contributed by atoms with E-state index in [4.69, 9.17) is 17.3 Å². The van der Waals surface area contributed by atoms with Gasteiger partial charge in [0.1, 0.15) is 13.7 Å². The number of nitrogens with zero attached hydrogens (tertiary/aromatic N) is 3. The molecule has 2 aromatic heterocycles. The Balaban J connectivity index is 2.31. The van der Waals surface area contributed by atoms with Gasteiger partial charge in [-0.2, -0.15) is 5.10 Å². The number of halogens is 1. The van der Waals surface area contributed by atoms with E-state index in [1.807, 2.05) is 32.1 Å². The molecule has 2 N–H and O–H groups in total. The van der Waals surface area contributed by atoms with Crippen molar-refractivity contribution in [2.75, 3.05) is 5.73 Å². The summed E-state index contributed by atoms with van der Waals surface area (Å²) < 4.78 is 1.62. The van der Waals surface area contributed by atoms with Crippen LogP contribution in [-0.4, -0.2) is 22.4 Å². The lowest BCUT2D eigenvalue weighted by Crippen LogP contribution is -2.06. The topological polar surface area (TPSA) is 56.2 Å². The lowest BCUT2D eigenvalue weighted by molar-refractivity contribution is 0.954. The molecule has 0 unspecified atom stereocenters. The highest BCUT2D eigenvalue weighted by molar-refractivity contribution is 6.36. The number of benzene rings is 1. The highest BCUT2D eigenvalue weighted by Crippen LogP contribution is 2.27. The molecule has 0 aliphatic rings. The van der Waals surface area contributed by atoms with Gasteiger partial charge in [-0.05, 0) is 11.5 Å². The average molecular weight is 257 g/mol. The van der Waals surface area contributed by atoms with Crippen LogP contribution in [0.4, 0.5) is 5.82 Å². The van der Waals surface area contributed by atoms with E-state index in [1.165, 1.54) is 0 Å². The molecule has 0 saturated carbocycles. The number of hydrogen-bond donors (Lipinski definition) is 1. The van der Waals surface area contributed by atoms with Crippen LogP contribution < -0.4 is 11.2 Å². The maximum atomic E-state index is 6.17. The van der Waals surface area contributed by atoms with Crippen molar-refractivity contribution < 1.29 is 0 Å². The van der Waals surface area contributed by atoms with Crippen LogP contribution in [0.25, 0.3) is 16.9 Å². The van der Waals surface area contributed by atoms with Crippen molar-refractivity contribution in [3.63, 3.8) is 0 Å². The summed E-state index contributed by atoms with van der Waals surface area (Å²) in [5, 5.41) is 4.83. The second kappa shape index (κ2) is 4.03. The second-order valence-electron chi connectivity index (χ2n) is 4.11. The molecule has 3 rings (SSSR count). The Kier molecular flexibility index (Phi) is 2.49. The van der Waals surface area contributed by atoms with Crippen LogP contribution in [0.1, 0.15) is 0 Å². The van der Waals surface area contributed by atoms with Crippen LogP contribution in [0.3, 0.4) is 0 Å². The Bertz CT molecular complexity index is 738. The zero-order valence-corrected chi connectivity index (χ0v) is 10.5. The first kappa shape index (κ1) is 11.1. The summed E-state index contributed by atoms with van der Waals surface area (Å²) in [5.41, 5.74) is 9.34. The van der Waals surface area contributed by atoms with E-state index in [1.54, 1.807) is 16.8 Å². The number of nitrogen functional groups attached to an aromatic ring is 1. The second-order valence-corrected chi connectivity index (χ2v) is 4.52. The molecule has 2 heterocycles. The first-order valence-electron chi connectivity index (χ1n) is 5.52. The van der Waals surface area contributed by atoms with Gasteiger partial charge in [-0.3, -0.25) is 0 Å². The predicted molar refractivity (Wildman–Crippen MR) is 76.0 cm³/mol. The fourth-order valence-electron chi connectivity index (χ4n) is 1.90. The summed E-state index contributed by atoms with van der Waals surface area (Å²) >= 11 is 6.17. The molecule has 0 radical (unpaired) electrons. The number of anilines is 1. The van der Waals surface area contributed by atoms with Crippen LogP contribution in [0, 0.1) is 0 Å². The largest absolute Gasteiger partial charge is 0.384 e. The summed E-state index contributed by atoms with van der Waals surface area (Å²) in [6.07, 6.45) is 1.75. The molecule has 0 aliphatic heterocycles. The van der Waals surface area contributed by atoms with E-state index in [2.05, 4.69) is 10.1 Å². The molecule has 3 aromatic rings. The highest BCUT2D eigenvalue weighted by atomic mass is 35.5. The average Bonchev–Trinajstić information content (AvgIpc) is 2.72. The fourth-order valence-corrected chi connectivity index (χ4v) is 2.14. The Morgan fingerprint density at radius 2 is 2.06 bits per heavy atom. The molecule has 88 valence electrons. The Morgan fingerprint density at radius 1 is 1.28 bits per heavy atom. The lowest BCUT2D eigenvalue weighted by atomic mass is 10.0. The van der Waals surface area contributed by atoms with Gasteiger partial charge in [-0.1, -0.05) is 29.8 Å². The summed E-state index contributed by atoms with van der Waals surface area (Å²) in [6.45, 7) is 0. The molecule has 0 atom stereocenters. The van der Waals surface area contributed by atoms with Gasteiger partial charge in [0.2, 0.25) is 0 Å². The van der Waals surface area contributed by atoms with Crippen molar-refractivity contribution in [2.24, 2.45) is 0 Å². The molecule has 18 heavy (non-hydrogen) atoms. The molecule has 0 fully saturated rings. The van der Waals surface area contributed by atoms with Gasteiger partial charge in [-0.15, -0.1) is 0 Å². The minimum Gasteiger partial charge on any atom is -0.384 e. The molecular formula is C12H10BClN4. The smallest absolute Gasteiger partial charge is 0.151 e. The third-order valence-corrected chi connectivity index (χ3v) is 3.16. The summed E-state index contributed by atoms with van der Waals surface area (Å²) in [6, 6.07) is 9.35. The van der Waals surface area contributed by atoms with Gasteiger partial charge in [0, 0.05) is 22.8 Å². The molecule has 6 heteroatoms. The van der Waals surface area contributed by atoms with Crippen LogP contribution in [0.5, 0.6) is 0 Å². The minimum absolute atomic E-state index is 0.544. The van der Waals surface area contributed by atoms with Gasteiger partial charge in [0.05, 0.1) is 5.69 Å². The predicted octanol–water partition coefficient (Wildman–Crippen LogP) is 0.890. The highest BCUT2D eigenvalue weighted by Gasteiger charge is 2.10. The first-order valence-corrected chi connectivity index (χ1v) is 5.90. The van der Waals surface area contributed by atoms with Crippen molar-refractivity contribution in [3.8, 4) is 11.3 Å². The third-order valence-electron chi connectivity index (χ3n) is 2.83. The molecule has 1 aromatic carbocycles. The van der Waals surface area contributed by atoms with Gasteiger partial charge in [0.15, 0.2) is 5.65 Å². The standard InChI is InChI=1S/C12H10BClN4/c13-8-6-16-18-11(15)5-10(17-12(8)18)7-3-1-2-4-9(7)14/h1-6H,13,15H2. The molecule has 0 bridgehead atoms. The quantitative estimate of drug-likeness (QED) is 0.658. The lowest BCUT2D eigenvalue weighted by Gasteiger charge is -2.06. The molecular weight excluding hydrogens is 246 g/mol. The summed E-state index contributed by atoms with van der Waals surface area (Å²) in [5.74, 6) is 0.544. The maximum absolute atomic E-state index is 6.17. The van der Waals surface area contributed by atoms with Crippen LogP contribution in [-0.2, 0) is 0 Å². The van der Waals surface area contributed by atoms with E-state index in [0.717, 1.165) is 22.4 Å². The van der Waals surface area contributed by atoms with E-state index in [9.17, 15) is 0 Å². The summed E-state index contributed by atoms with van der Waals surface area (Å²) in [7, 11) is 1.95. The van der Waals surface area contributed by atoms with Crippen molar-refractivity contribution in [1.82, 2.24) is 14.6 Å². The van der Waals surface area contributed by atoms with Gasteiger partial charge in [-0.25, -0.2) is 9.50 Å². The monoisotopic (exact) mass is 256 g/mol. The minimum atomic E-state index is 0.544. The number of fused-ring (bicyclic) bond motifs is 1. The van der Waals surface area contributed by atoms with Gasteiger partial charge in [0.25, 0.3) is 0 Å². The summed E-state index contributed by atoms with van der Waals surface area (Å²) in [4.78, 5) is 4.56. The van der Waals surface area contributed by atoms with Crippen molar-refractivity contribution >= 4 is 36.4 Å². The van der Waals surface area contributed by atoms with Crippen LogP contribution in [0.15, 0.2) is 36.5 Å². The Labute approximate surface area is 110 Å². The SMILES string of the molecule is Bc1cnn2c(N)cc(-c3ccccc3Cl)nc12. The normalized spacial score (nSPS) is 10.9. The first-order chi connectivity index (χ1) is 8.66.